The number of carboxylic acid groups (broad SMARTS) is 1. The molecule has 27 heavy (non-hydrogen) atoms. The summed E-state index contributed by atoms with van der Waals surface area (Å²) in [5, 5.41) is 15.3. The van der Waals surface area contributed by atoms with Gasteiger partial charge in [0.25, 0.3) is 5.91 Å². The average molecular weight is 374 g/mol. The number of carboxylic acids is 1. The average Bonchev–Trinajstić information content (AvgIpc) is 2.85. The SMILES string of the molecule is CC(C)(C)C(=O)NCc1ccc(C(=O)NC2(C(=O)O)CCCCCC2)cc1. The molecule has 1 aromatic carbocycles. The monoisotopic (exact) mass is 374 g/mol. The summed E-state index contributed by atoms with van der Waals surface area (Å²) in [7, 11) is 0. The van der Waals surface area contributed by atoms with E-state index in [2.05, 4.69) is 10.6 Å². The lowest BCUT2D eigenvalue weighted by molar-refractivity contribution is -0.145. The van der Waals surface area contributed by atoms with Crippen molar-refractivity contribution in [2.24, 2.45) is 5.41 Å². The maximum absolute atomic E-state index is 12.6. The van der Waals surface area contributed by atoms with Crippen LogP contribution in [0.5, 0.6) is 0 Å². The molecular weight excluding hydrogens is 344 g/mol. The minimum absolute atomic E-state index is 0.0407. The normalized spacial score (nSPS) is 16.9. The van der Waals surface area contributed by atoms with Crippen LogP contribution < -0.4 is 10.6 Å². The summed E-state index contributed by atoms with van der Waals surface area (Å²) in [5.74, 6) is -1.37. The van der Waals surface area contributed by atoms with E-state index in [9.17, 15) is 19.5 Å². The Kier molecular flexibility index (Phi) is 6.63. The predicted molar refractivity (Wildman–Crippen MR) is 103 cm³/mol. The Morgan fingerprint density at radius 2 is 1.56 bits per heavy atom. The number of rotatable bonds is 5. The first-order chi connectivity index (χ1) is 12.6. The third-order valence-corrected chi connectivity index (χ3v) is 5.07. The van der Waals surface area contributed by atoms with Gasteiger partial charge in [0.1, 0.15) is 5.54 Å². The molecule has 0 atom stereocenters. The lowest BCUT2D eigenvalue weighted by atomic mass is 9.89. The maximum Gasteiger partial charge on any atom is 0.329 e. The molecule has 0 aromatic heterocycles. The van der Waals surface area contributed by atoms with Crippen LogP contribution in [-0.4, -0.2) is 28.4 Å². The molecule has 3 N–H and O–H groups in total. The van der Waals surface area contributed by atoms with Crippen molar-refractivity contribution in [3.63, 3.8) is 0 Å². The van der Waals surface area contributed by atoms with E-state index >= 15 is 0 Å². The fourth-order valence-corrected chi connectivity index (χ4v) is 3.24. The lowest BCUT2D eigenvalue weighted by Crippen LogP contribution is -2.54. The number of amides is 2. The highest BCUT2D eigenvalue weighted by Gasteiger charge is 2.40. The van der Waals surface area contributed by atoms with Crippen molar-refractivity contribution < 1.29 is 19.5 Å². The second kappa shape index (κ2) is 8.55. The largest absolute Gasteiger partial charge is 0.480 e. The zero-order chi connectivity index (χ0) is 20.1. The topological polar surface area (TPSA) is 95.5 Å². The van der Waals surface area contributed by atoms with Crippen LogP contribution in [0.4, 0.5) is 0 Å². The summed E-state index contributed by atoms with van der Waals surface area (Å²) < 4.78 is 0. The van der Waals surface area contributed by atoms with E-state index < -0.39 is 16.9 Å². The van der Waals surface area contributed by atoms with E-state index in [1.807, 2.05) is 20.8 Å². The van der Waals surface area contributed by atoms with Crippen LogP contribution in [-0.2, 0) is 16.1 Å². The van der Waals surface area contributed by atoms with Crippen molar-refractivity contribution in [2.75, 3.05) is 0 Å². The van der Waals surface area contributed by atoms with Gasteiger partial charge in [-0.25, -0.2) is 4.79 Å². The van der Waals surface area contributed by atoms with Crippen molar-refractivity contribution in [3.8, 4) is 0 Å². The van der Waals surface area contributed by atoms with Crippen molar-refractivity contribution in [3.05, 3.63) is 35.4 Å². The van der Waals surface area contributed by atoms with Crippen LogP contribution in [0.1, 0.15) is 75.2 Å². The van der Waals surface area contributed by atoms with Gasteiger partial charge in [0.05, 0.1) is 0 Å². The number of benzene rings is 1. The molecule has 0 heterocycles. The van der Waals surface area contributed by atoms with E-state index in [1.54, 1.807) is 24.3 Å². The molecular formula is C21H30N2O4. The molecule has 0 spiro atoms. The van der Waals surface area contributed by atoms with Crippen molar-refractivity contribution >= 4 is 17.8 Å². The first kappa shape index (κ1) is 20.9. The molecule has 0 bridgehead atoms. The van der Waals surface area contributed by atoms with E-state index in [0.29, 0.717) is 24.9 Å². The van der Waals surface area contributed by atoms with E-state index in [1.165, 1.54) is 0 Å². The molecule has 2 rings (SSSR count). The minimum atomic E-state index is -1.17. The van der Waals surface area contributed by atoms with E-state index in [0.717, 1.165) is 31.2 Å². The maximum atomic E-state index is 12.6. The molecule has 148 valence electrons. The smallest absolute Gasteiger partial charge is 0.329 e. The molecule has 1 aliphatic rings. The number of aliphatic carboxylic acids is 1. The number of hydrogen-bond acceptors (Lipinski definition) is 3. The second-order valence-corrected chi connectivity index (χ2v) is 8.39. The molecule has 1 saturated carbocycles. The standard InChI is InChI=1S/C21H30N2O4/c1-20(2,3)18(25)22-14-15-8-10-16(11-9-15)17(24)23-21(19(26)27)12-6-4-5-7-13-21/h8-11H,4-7,12-14H2,1-3H3,(H,22,25)(H,23,24)(H,26,27). The van der Waals surface area contributed by atoms with Crippen molar-refractivity contribution in [2.45, 2.75) is 71.4 Å². The van der Waals surface area contributed by atoms with E-state index in [4.69, 9.17) is 0 Å². The molecule has 1 aromatic rings. The fraction of sp³-hybridized carbons (Fsp3) is 0.571. The van der Waals surface area contributed by atoms with Crippen molar-refractivity contribution in [1.82, 2.24) is 10.6 Å². The lowest BCUT2D eigenvalue weighted by Gasteiger charge is -2.29. The number of nitrogens with one attached hydrogen (secondary N) is 2. The Bertz CT molecular complexity index is 681. The highest BCUT2D eigenvalue weighted by atomic mass is 16.4. The quantitative estimate of drug-likeness (QED) is 0.689. The van der Waals surface area contributed by atoms with Crippen LogP contribution in [0.2, 0.25) is 0 Å². The van der Waals surface area contributed by atoms with Crippen molar-refractivity contribution in [1.29, 1.82) is 0 Å². The zero-order valence-corrected chi connectivity index (χ0v) is 16.4. The van der Waals surface area contributed by atoms with E-state index in [-0.39, 0.29) is 11.8 Å². The van der Waals surface area contributed by atoms with Gasteiger partial charge in [0.15, 0.2) is 0 Å². The van der Waals surface area contributed by atoms with Crippen LogP contribution in [0, 0.1) is 5.41 Å². The third-order valence-electron chi connectivity index (χ3n) is 5.07. The van der Waals surface area contributed by atoms with Gasteiger partial charge in [-0.05, 0) is 30.5 Å². The molecule has 6 nitrogen and oxygen atoms in total. The van der Waals surface area contributed by atoms with Gasteiger partial charge in [-0.1, -0.05) is 58.6 Å². The molecule has 6 heteroatoms. The third kappa shape index (κ3) is 5.55. The van der Waals surface area contributed by atoms with Gasteiger partial charge in [-0.3, -0.25) is 9.59 Å². The summed E-state index contributed by atoms with van der Waals surface area (Å²) in [6.07, 6.45) is 4.54. The molecule has 0 aliphatic heterocycles. The number of carbonyl (C=O) groups is 3. The van der Waals surface area contributed by atoms with Gasteiger partial charge in [-0.2, -0.15) is 0 Å². The first-order valence-electron chi connectivity index (χ1n) is 9.57. The van der Waals surface area contributed by atoms with Gasteiger partial charge < -0.3 is 15.7 Å². The molecule has 2 amide bonds. The summed E-state index contributed by atoms with van der Waals surface area (Å²) in [5.41, 5.74) is -0.325. The zero-order valence-electron chi connectivity index (χ0n) is 16.4. The van der Waals surface area contributed by atoms with Crippen LogP contribution in [0.15, 0.2) is 24.3 Å². The Balaban J connectivity index is 2.02. The minimum Gasteiger partial charge on any atom is -0.480 e. The van der Waals surface area contributed by atoms with Crippen LogP contribution in [0.25, 0.3) is 0 Å². The summed E-state index contributed by atoms with van der Waals surface area (Å²) in [6.45, 7) is 5.93. The highest BCUT2D eigenvalue weighted by molar-refractivity contribution is 5.97. The van der Waals surface area contributed by atoms with Crippen LogP contribution >= 0.6 is 0 Å². The molecule has 0 radical (unpaired) electrons. The summed E-state index contributed by atoms with van der Waals surface area (Å²) in [6, 6.07) is 6.89. The second-order valence-electron chi connectivity index (χ2n) is 8.39. The van der Waals surface area contributed by atoms with Gasteiger partial charge in [0.2, 0.25) is 5.91 Å². The Hall–Kier alpha value is -2.37. The van der Waals surface area contributed by atoms with Gasteiger partial charge in [-0.15, -0.1) is 0 Å². The van der Waals surface area contributed by atoms with Crippen LogP contribution in [0.3, 0.4) is 0 Å². The summed E-state index contributed by atoms with van der Waals surface area (Å²) >= 11 is 0. The summed E-state index contributed by atoms with van der Waals surface area (Å²) in [4.78, 5) is 36.4. The molecule has 1 fully saturated rings. The number of carbonyl (C=O) groups excluding carboxylic acids is 2. The molecule has 1 aliphatic carbocycles. The highest BCUT2D eigenvalue weighted by Crippen LogP contribution is 2.28. The Morgan fingerprint density at radius 1 is 1.00 bits per heavy atom. The number of hydrogen-bond donors (Lipinski definition) is 3. The molecule has 0 saturated heterocycles. The fourth-order valence-electron chi connectivity index (χ4n) is 3.24. The molecule has 0 unspecified atom stereocenters. The Morgan fingerprint density at radius 3 is 2.04 bits per heavy atom. The van der Waals surface area contributed by atoms with Gasteiger partial charge in [0, 0.05) is 17.5 Å². The Labute approximate surface area is 160 Å². The van der Waals surface area contributed by atoms with Gasteiger partial charge >= 0.3 is 5.97 Å². The predicted octanol–water partition coefficient (Wildman–Crippen LogP) is 3.26. The first-order valence-corrected chi connectivity index (χ1v) is 9.57.